The van der Waals surface area contributed by atoms with Gasteiger partial charge in [0.15, 0.2) is 11.0 Å². The molecule has 7 nitrogen and oxygen atoms in total. The van der Waals surface area contributed by atoms with Crippen LogP contribution in [0.15, 0.2) is 22.0 Å². The number of ether oxygens (including phenoxy) is 1. The van der Waals surface area contributed by atoms with E-state index in [1.54, 1.807) is 22.8 Å². The van der Waals surface area contributed by atoms with Crippen LogP contribution in [0, 0.1) is 13.8 Å². The highest BCUT2D eigenvalue weighted by Gasteiger charge is 2.19. The van der Waals surface area contributed by atoms with Crippen molar-refractivity contribution in [3.8, 4) is 11.4 Å². The number of anilines is 1. The van der Waals surface area contributed by atoms with E-state index in [1.165, 1.54) is 40.6 Å². The molecule has 10 heteroatoms. The van der Waals surface area contributed by atoms with E-state index in [4.69, 9.17) is 4.74 Å². The van der Waals surface area contributed by atoms with Gasteiger partial charge in [0.25, 0.3) is 0 Å². The molecule has 0 aliphatic rings. The number of carbonyl (C=O) groups is 2. The van der Waals surface area contributed by atoms with Crippen LogP contribution < -0.4 is 5.32 Å². The number of nitrogens with one attached hydrogen (secondary N) is 1. The second-order valence-corrected chi connectivity index (χ2v) is 9.22. The molecule has 154 valence electrons. The molecule has 3 rings (SSSR count). The summed E-state index contributed by atoms with van der Waals surface area (Å²) in [6.45, 7) is 7.06. The molecule has 0 aliphatic carbocycles. The minimum atomic E-state index is -0.469. The van der Waals surface area contributed by atoms with E-state index in [-0.39, 0.29) is 11.7 Å². The maximum Gasteiger partial charge on any atom is 0.340 e. The Morgan fingerprint density at radius 2 is 2.07 bits per heavy atom. The molecule has 0 spiro atoms. The summed E-state index contributed by atoms with van der Waals surface area (Å²) in [4.78, 5) is 25.4. The molecule has 0 saturated carbocycles. The molecule has 0 bridgehead atoms. The Bertz CT molecular complexity index is 1020. The first kappa shape index (κ1) is 21.5. The maximum absolute atomic E-state index is 12.4. The van der Waals surface area contributed by atoms with Gasteiger partial charge in [-0.05, 0) is 37.3 Å². The number of rotatable bonds is 8. The van der Waals surface area contributed by atoms with Gasteiger partial charge in [0.05, 0.1) is 18.4 Å². The highest BCUT2D eigenvalue weighted by Crippen LogP contribution is 2.32. The van der Waals surface area contributed by atoms with Crippen LogP contribution >= 0.6 is 34.4 Å². The summed E-state index contributed by atoms with van der Waals surface area (Å²) in [5.41, 5.74) is 2.66. The number of aromatic nitrogens is 3. The van der Waals surface area contributed by atoms with Crippen LogP contribution in [-0.2, 0) is 16.1 Å². The summed E-state index contributed by atoms with van der Waals surface area (Å²) in [7, 11) is 1.32. The fourth-order valence-corrected chi connectivity index (χ4v) is 5.14. The molecule has 0 saturated heterocycles. The summed E-state index contributed by atoms with van der Waals surface area (Å²) >= 11 is 4.32. The number of hydrogen-bond donors (Lipinski definition) is 1. The Balaban J connectivity index is 1.72. The van der Waals surface area contributed by atoms with E-state index in [1.807, 2.05) is 0 Å². The number of amides is 1. The fraction of sp³-hybridized carbons (Fsp3) is 0.368. The van der Waals surface area contributed by atoms with E-state index in [0.29, 0.717) is 15.7 Å². The number of methoxy groups -OCH3 is 1. The van der Waals surface area contributed by atoms with Gasteiger partial charge >= 0.3 is 5.97 Å². The third kappa shape index (κ3) is 4.71. The quantitative estimate of drug-likeness (QED) is 0.398. The van der Waals surface area contributed by atoms with Gasteiger partial charge in [0.1, 0.15) is 5.00 Å². The molecule has 0 unspecified atom stereocenters. The Labute approximate surface area is 181 Å². The highest BCUT2D eigenvalue weighted by atomic mass is 32.2. The Kier molecular flexibility index (Phi) is 7.09. The monoisotopic (exact) mass is 450 g/mol. The standard InChI is InChI=1S/C19H22N4O3S3/c1-5-7-23-16(14-9-28-12(3)11(14)2)21-22-19(23)29-10-15(24)20-17-13(6-8-27-17)18(25)26-4/h6,8-9H,5,7,10H2,1-4H3,(H,20,24). The van der Waals surface area contributed by atoms with Gasteiger partial charge < -0.3 is 14.6 Å². The predicted molar refractivity (Wildman–Crippen MR) is 118 cm³/mol. The van der Waals surface area contributed by atoms with Gasteiger partial charge in [-0.1, -0.05) is 18.7 Å². The fourth-order valence-electron chi connectivity index (χ4n) is 2.72. The molecule has 3 heterocycles. The number of carbonyl (C=O) groups excluding carboxylic acids is 2. The zero-order valence-corrected chi connectivity index (χ0v) is 19.1. The molecule has 0 aromatic carbocycles. The van der Waals surface area contributed by atoms with Crippen molar-refractivity contribution in [2.24, 2.45) is 0 Å². The number of thioether (sulfide) groups is 1. The van der Waals surface area contributed by atoms with E-state index >= 15 is 0 Å². The van der Waals surface area contributed by atoms with Crippen molar-refractivity contribution < 1.29 is 14.3 Å². The summed E-state index contributed by atoms with van der Waals surface area (Å²) in [5.74, 6) is 0.325. The molecule has 0 aliphatic heterocycles. The topological polar surface area (TPSA) is 86.1 Å². The lowest BCUT2D eigenvalue weighted by Gasteiger charge is -2.09. The summed E-state index contributed by atoms with van der Waals surface area (Å²) < 4.78 is 6.80. The first-order valence-corrected chi connectivity index (χ1v) is 11.8. The van der Waals surface area contributed by atoms with Crippen LogP contribution in [-0.4, -0.2) is 39.5 Å². The molecule has 3 aromatic rings. The van der Waals surface area contributed by atoms with Crippen LogP contribution in [0.3, 0.4) is 0 Å². The van der Waals surface area contributed by atoms with Crippen molar-refractivity contribution in [1.29, 1.82) is 0 Å². The van der Waals surface area contributed by atoms with E-state index < -0.39 is 5.97 Å². The van der Waals surface area contributed by atoms with Gasteiger partial charge in [-0.25, -0.2) is 4.79 Å². The van der Waals surface area contributed by atoms with E-state index in [9.17, 15) is 9.59 Å². The lowest BCUT2D eigenvalue weighted by Crippen LogP contribution is -2.16. The minimum Gasteiger partial charge on any atom is -0.465 e. The Hall–Kier alpha value is -2.17. The minimum absolute atomic E-state index is 0.169. The highest BCUT2D eigenvalue weighted by molar-refractivity contribution is 7.99. The van der Waals surface area contributed by atoms with Crippen LogP contribution in [0.5, 0.6) is 0 Å². The third-order valence-electron chi connectivity index (χ3n) is 4.35. The predicted octanol–water partition coefficient (Wildman–Crippen LogP) is 4.61. The smallest absolute Gasteiger partial charge is 0.340 e. The number of aryl methyl sites for hydroxylation is 1. The average molecular weight is 451 g/mol. The van der Waals surface area contributed by atoms with Crippen molar-refractivity contribution in [1.82, 2.24) is 14.8 Å². The van der Waals surface area contributed by atoms with E-state index in [0.717, 1.165) is 24.4 Å². The van der Waals surface area contributed by atoms with Crippen LogP contribution in [0.4, 0.5) is 5.00 Å². The summed E-state index contributed by atoms with van der Waals surface area (Å²) in [6.07, 6.45) is 0.935. The van der Waals surface area contributed by atoms with Gasteiger partial charge in [-0.3, -0.25) is 4.79 Å². The molecular formula is C19H22N4O3S3. The molecule has 0 atom stereocenters. The second kappa shape index (κ2) is 9.55. The molecule has 29 heavy (non-hydrogen) atoms. The molecule has 0 radical (unpaired) electrons. The van der Waals surface area contributed by atoms with Gasteiger partial charge in [0.2, 0.25) is 5.91 Å². The molecule has 1 N–H and O–H groups in total. The first-order chi connectivity index (χ1) is 14.0. The average Bonchev–Trinajstić information content (AvgIpc) is 3.41. The molecule has 3 aromatic heterocycles. The number of esters is 1. The Morgan fingerprint density at radius 3 is 2.72 bits per heavy atom. The van der Waals surface area contributed by atoms with Crippen LogP contribution in [0.1, 0.15) is 34.1 Å². The van der Waals surface area contributed by atoms with Crippen molar-refractivity contribution in [2.75, 3.05) is 18.2 Å². The normalized spacial score (nSPS) is 10.9. The van der Waals surface area contributed by atoms with Crippen molar-refractivity contribution in [3.05, 3.63) is 32.8 Å². The van der Waals surface area contributed by atoms with Gasteiger partial charge in [-0.15, -0.1) is 32.9 Å². The van der Waals surface area contributed by atoms with Gasteiger partial charge in [0, 0.05) is 22.4 Å². The summed E-state index contributed by atoms with van der Waals surface area (Å²) in [6, 6.07) is 1.63. The number of hydrogen-bond acceptors (Lipinski definition) is 8. The van der Waals surface area contributed by atoms with Crippen LogP contribution in [0.2, 0.25) is 0 Å². The second-order valence-electron chi connectivity index (χ2n) is 6.28. The lowest BCUT2D eigenvalue weighted by atomic mass is 10.1. The zero-order chi connectivity index (χ0) is 21.0. The number of nitrogens with zero attached hydrogens (tertiary/aromatic N) is 3. The van der Waals surface area contributed by atoms with Crippen LogP contribution in [0.25, 0.3) is 11.4 Å². The Morgan fingerprint density at radius 1 is 1.28 bits per heavy atom. The third-order valence-corrected chi connectivity index (χ3v) is 7.16. The first-order valence-electron chi connectivity index (χ1n) is 9.03. The van der Waals surface area contributed by atoms with Crippen molar-refractivity contribution in [2.45, 2.75) is 38.9 Å². The molecule has 1 amide bonds. The van der Waals surface area contributed by atoms with Crippen molar-refractivity contribution in [3.63, 3.8) is 0 Å². The SMILES string of the molecule is CCCn1c(SCC(=O)Nc2sccc2C(=O)OC)nnc1-c1csc(C)c1C. The zero-order valence-electron chi connectivity index (χ0n) is 16.6. The molecular weight excluding hydrogens is 428 g/mol. The summed E-state index contributed by atoms with van der Waals surface area (Å²) in [5, 5.41) is 16.5. The molecule has 0 fully saturated rings. The largest absolute Gasteiger partial charge is 0.465 e. The van der Waals surface area contributed by atoms with Crippen molar-refractivity contribution >= 4 is 51.3 Å². The lowest BCUT2D eigenvalue weighted by molar-refractivity contribution is -0.113. The van der Waals surface area contributed by atoms with E-state index in [2.05, 4.69) is 46.2 Å². The number of thiophene rings is 2. The van der Waals surface area contributed by atoms with Gasteiger partial charge in [-0.2, -0.15) is 0 Å². The maximum atomic E-state index is 12.4.